The molecule has 0 aromatic heterocycles. The zero-order chi connectivity index (χ0) is 8.65. The summed E-state index contributed by atoms with van der Waals surface area (Å²) in [6.45, 7) is 1.91. The van der Waals surface area contributed by atoms with Gasteiger partial charge in [0.05, 0.1) is 12.3 Å². The first-order chi connectivity index (χ1) is 4.93. The van der Waals surface area contributed by atoms with Crippen LogP contribution in [0.4, 0.5) is 0 Å². The first-order valence-electron chi connectivity index (χ1n) is 3.40. The minimum atomic E-state index is -3.15. The number of hydrogen-bond acceptors (Lipinski definition) is 3. The van der Waals surface area contributed by atoms with Crippen molar-refractivity contribution in [3.8, 4) is 0 Å². The standard InChI is InChI=1S/C6H11NO3S/c1-5(8)6-3-4-7(6)11(2,9)10/h6H,3-4H2,1-2H3/t6-/m0/s1. The highest BCUT2D eigenvalue weighted by molar-refractivity contribution is 7.88. The van der Waals surface area contributed by atoms with Crippen LogP contribution in [0.5, 0.6) is 0 Å². The molecule has 1 aliphatic rings. The molecule has 0 radical (unpaired) electrons. The Bertz CT molecular complexity index is 270. The molecule has 1 fully saturated rings. The average Bonchev–Trinajstić information content (AvgIpc) is 1.51. The van der Waals surface area contributed by atoms with Crippen LogP contribution in [0.1, 0.15) is 13.3 Å². The average molecular weight is 177 g/mol. The smallest absolute Gasteiger partial charge is 0.211 e. The van der Waals surface area contributed by atoms with Crippen molar-refractivity contribution < 1.29 is 13.2 Å². The molecule has 1 aliphatic heterocycles. The summed E-state index contributed by atoms with van der Waals surface area (Å²) in [5, 5.41) is 0. The van der Waals surface area contributed by atoms with Gasteiger partial charge in [-0.3, -0.25) is 4.79 Å². The number of Topliss-reactive ketones (excluding diaryl/α,β-unsaturated/α-hetero) is 1. The van der Waals surface area contributed by atoms with Gasteiger partial charge < -0.3 is 0 Å². The third-order valence-corrected chi connectivity index (χ3v) is 3.15. The van der Waals surface area contributed by atoms with E-state index in [-0.39, 0.29) is 11.8 Å². The Morgan fingerprint density at radius 2 is 2.09 bits per heavy atom. The van der Waals surface area contributed by atoms with Crippen LogP contribution in [0.25, 0.3) is 0 Å². The molecule has 0 spiro atoms. The Kier molecular flexibility index (Phi) is 2.02. The Morgan fingerprint density at radius 3 is 2.18 bits per heavy atom. The monoisotopic (exact) mass is 177 g/mol. The van der Waals surface area contributed by atoms with Gasteiger partial charge in [-0.2, -0.15) is 4.31 Å². The number of sulfonamides is 1. The van der Waals surface area contributed by atoms with Crippen LogP contribution in [-0.2, 0) is 14.8 Å². The Hall–Kier alpha value is -0.420. The lowest BCUT2D eigenvalue weighted by Crippen LogP contribution is -2.53. The van der Waals surface area contributed by atoms with Crippen LogP contribution in [0, 0.1) is 0 Å². The molecule has 0 aromatic rings. The molecule has 4 nitrogen and oxygen atoms in total. The fraction of sp³-hybridized carbons (Fsp3) is 0.833. The summed E-state index contributed by atoms with van der Waals surface area (Å²) in [4.78, 5) is 10.8. The van der Waals surface area contributed by atoms with E-state index >= 15 is 0 Å². The maximum Gasteiger partial charge on any atom is 0.211 e. The fourth-order valence-corrected chi connectivity index (χ4v) is 2.32. The molecule has 0 bridgehead atoms. The Morgan fingerprint density at radius 1 is 1.55 bits per heavy atom. The molecule has 1 saturated heterocycles. The van der Waals surface area contributed by atoms with Gasteiger partial charge >= 0.3 is 0 Å². The minimum Gasteiger partial charge on any atom is -0.298 e. The van der Waals surface area contributed by atoms with E-state index in [1.54, 1.807) is 0 Å². The largest absolute Gasteiger partial charge is 0.298 e. The van der Waals surface area contributed by atoms with Crippen molar-refractivity contribution in [2.75, 3.05) is 12.8 Å². The highest BCUT2D eigenvalue weighted by atomic mass is 32.2. The van der Waals surface area contributed by atoms with Crippen molar-refractivity contribution in [2.24, 2.45) is 0 Å². The van der Waals surface area contributed by atoms with E-state index in [1.807, 2.05) is 0 Å². The number of hydrogen-bond donors (Lipinski definition) is 0. The first kappa shape index (κ1) is 8.67. The summed E-state index contributed by atoms with van der Waals surface area (Å²) >= 11 is 0. The number of rotatable bonds is 2. The van der Waals surface area contributed by atoms with Gasteiger partial charge in [-0.1, -0.05) is 0 Å². The van der Waals surface area contributed by atoms with E-state index in [0.29, 0.717) is 13.0 Å². The van der Waals surface area contributed by atoms with Gasteiger partial charge in [0.15, 0.2) is 0 Å². The van der Waals surface area contributed by atoms with Crippen LogP contribution in [-0.4, -0.2) is 37.3 Å². The Balaban J connectivity index is 2.72. The van der Waals surface area contributed by atoms with Crippen LogP contribution in [0.3, 0.4) is 0 Å². The predicted molar refractivity (Wildman–Crippen MR) is 40.6 cm³/mol. The highest BCUT2D eigenvalue weighted by Gasteiger charge is 2.37. The maximum absolute atomic E-state index is 10.9. The summed E-state index contributed by atoms with van der Waals surface area (Å²) in [6.07, 6.45) is 1.80. The zero-order valence-electron chi connectivity index (χ0n) is 6.57. The summed E-state index contributed by atoms with van der Waals surface area (Å²) in [5.74, 6) is -0.0679. The molecular weight excluding hydrogens is 166 g/mol. The first-order valence-corrected chi connectivity index (χ1v) is 5.25. The number of nitrogens with zero attached hydrogens (tertiary/aromatic N) is 1. The summed E-state index contributed by atoms with van der Waals surface area (Å²) in [6, 6.07) is -0.384. The van der Waals surface area contributed by atoms with Crippen molar-refractivity contribution in [3.63, 3.8) is 0 Å². The van der Waals surface area contributed by atoms with E-state index in [9.17, 15) is 13.2 Å². The van der Waals surface area contributed by atoms with Crippen molar-refractivity contribution in [2.45, 2.75) is 19.4 Å². The van der Waals surface area contributed by atoms with Crippen molar-refractivity contribution in [1.29, 1.82) is 0 Å². The van der Waals surface area contributed by atoms with E-state index in [0.717, 1.165) is 6.26 Å². The van der Waals surface area contributed by atoms with Crippen LogP contribution < -0.4 is 0 Å². The molecule has 0 amide bonds. The van der Waals surface area contributed by atoms with Gasteiger partial charge in [0.1, 0.15) is 5.78 Å². The second kappa shape index (κ2) is 2.57. The summed E-state index contributed by atoms with van der Waals surface area (Å²) < 4.78 is 23.0. The minimum absolute atomic E-state index is 0.0679. The SMILES string of the molecule is CC(=O)[C@@H]1CCN1S(C)(=O)=O. The number of carbonyl (C=O) groups is 1. The van der Waals surface area contributed by atoms with Gasteiger partial charge in [-0.05, 0) is 13.3 Å². The van der Waals surface area contributed by atoms with Gasteiger partial charge in [0, 0.05) is 6.54 Å². The molecule has 1 atom stereocenters. The van der Waals surface area contributed by atoms with E-state index in [1.165, 1.54) is 11.2 Å². The second-order valence-electron chi connectivity index (χ2n) is 2.79. The predicted octanol–water partition coefficient (Wildman–Crippen LogP) is -0.391. The summed E-state index contributed by atoms with van der Waals surface area (Å²) in [5.41, 5.74) is 0. The van der Waals surface area contributed by atoms with E-state index < -0.39 is 10.0 Å². The van der Waals surface area contributed by atoms with Gasteiger partial charge in [-0.25, -0.2) is 8.42 Å². The molecule has 5 heteroatoms. The lowest BCUT2D eigenvalue weighted by Gasteiger charge is -2.36. The van der Waals surface area contributed by atoms with E-state index in [4.69, 9.17) is 0 Å². The third-order valence-electron chi connectivity index (χ3n) is 1.87. The lowest BCUT2D eigenvalue weighted by molar-refractivity contribution is -0.123. The molecule has 1 heterocycles. The number of ketones is 1. The lowest BCUT2D eigenvalue weighted by atomic mass is 10.0. The molecule has 11 heavy (non-hydrogen) atoms. The third kappa shape index (κ3) is 1.59. The second-order valence-corrected chi connectivity index (χ2v) is 4.72. The van der Waals surface area contributed by atoms with Gasteiger partial charge in [0.2, 0.25) is 10.0 Å². The molecule has 64 valence electrons. The topological polar surface area (TPSA) is 54.5 Å². The Labute approximate surface area is 66.2 Å². The maximum atomic E-state index is 10.9. The van der Waals surface area contributed by atoms with Crippen molar-refractivity contribution in [1.82, 2.24) is 4.31 Å². The molecule has 0 aliphatic carbocycles. The number of carbonyl (C=O) groups excluding carboxylic acids is 1. The molecular formula is C6H11NO3S. The fourth-order valence-electron chi connectivity index (χ4n) is 1.17. The molecule has 0 aromatic carbocycles. The normalized spacial score (nSPS) is 26.2. The zero-order valence-corrected chi connectivity index (χ0v) is 7.39. The van der Waals surface area contributed by atoms with Crippen LogP contribution in [0.15, 0.2) is 0 Å². The molecule has 0 N–H and O–H groups in total. The van der Waals surface area contributed by atoms with Gasteiger partial charge in [-0.15, -0.1) is 0 Å². The van der Waals surface area contributed by atoms with Crippen LogP contribution >= 0.6 is 0 Å². The quantitative estimate of drug-likeness (QED) is 0.577. The van der Waals surface area contributed by atoms with Crippen molar-refractivity contribution in [3.05, 3.63) is 0 Å². The van der Waals surface area contributed by atoms with Crippen molar-refractivity contribution >= 4 is 15.8 Å². The van der Waals surface area contributed by atoms with Crippen LogP contribution in [0.2, 0.25) is 0 Å². The highest BCUT2D eigenvalue weighted by Crippen LogP contribution is 2.20. The summed E-state index contributed by atoms with van der Waals surface area (Å²) in [7, 11) is -3.15. The van der Waals surface area contributed by atoms with Gasteiger partial charge in [0.25, 0.3) is 0 Å². The molecule has 0 unspecified atom stereocenters. The molecule has 1 rings (SSSR count). The van der Waals surface area contributed by atoms with E-state index in [2.05, 4.69) is 0 Å². The molecule has 0 saturated carbocycles.